The Morgan fingerprint density at radius 1 is 1.33 bits per heavy atom. The van der Waals surface area contributed by atoms with Gasteiger partial charge < -0.3 is 0 Å². The second kappa shape index (κ2) is 5.88. The summed E-state index contributed by atoms with van der Waals surface area (Å²) < 4.78 is 1.52. The summed E-state index contributed by atoms with van der Waals surface area (Å²) in [5.41, 5.74) is 0. The summed E-state index contributed by atoms with van der Waals surface area (Å²) in [6.07, 6.45) is 4.32. The molecule has 1 heteroatoms. The molecule has 0 bridgehead atoms. The zero-order valence-corrected chi connectivity index (χ0v) is 8.89. The molecule has 0 radical (unpaired) electrons. The van der Waals surface area contributed by atoms with Crippen molar-refractivity contribution in [2.45, 2.75) is 30.3 Å². The van der Waals surface area contributed by atoms with E-state index in [9.17, 15) is 0 Å². The van der Waals surface area contributed by atoms with E-state index < -0.39 is 0 Å². The monoisotopic (exact) mass is 282 g/mol. The van der Waals surface area contributed by atoms with Gasteiger partial charge in [-0.1, -0.05) is 0 Å². The molecule has 0 aromatic carbocycles. The van der Waals surface area contributed by atoms with Crippen molar-refractivity contribution in [3.8, 4) is 0 Å². The molecule has 0 saturated carbocycles. The number of unbranched alkanes of at least 4 members (excludes halogenated alkanes) is 2. The van der Waals surface area contributed by atoms with Crippen LogP contribution in [0.3, 0.4) is 0 Å². The summed E-state index contributed by atoms with van der Waals surface area (Å²) in [6, 6.07) is 0. The Bertz CT molecular complexity index is 15.9. The minimum absolute atomic E-state index is 1.24. The van der Waals surface area contributed by atoms with Crippen LogP contribution in [-0.4, -0.2) is 24.7 Å². The molecule has 0 nitrogen and oxygen atoms in total. The maximum absolute atomic E-state index is 2.25. The van der Waals surface area contributed by atoms with Gasteiger partial charge in [-0.15, -0.1) is 0 Å². The number of rotatable bonds is 3. The van der Waals surface area contributed by atoms with Crippen LogP contribution in [0, 0.1) is 0 Å². The Morgan fingerprint density at radius 3 is 2.17 bits per heavy atom. The predicted molar refractivity (Wildman–Crippen MR) is 32.9 cm³/mol. The van der Waals surface area contributed by atoms with Crippen LogP contribution in [0.5, 0.6) is 0 Å². The molecule has 38 valence electrons. The van der Waals surface area contributed by atoms with Crippen molar-refractivity contribution >= 4 is 24.7 Å². The maximum atomic E-state index is 2.25. The first-order valence-electron chi connectivity index (χ1n) is 2.62. The predicted octanol–water partition coefficient (Wildman–Crippen LogP) is 1.23. The van der Waals surface area contributed by atoms with E-state index in [1.807, 2.05) is 0 Å². The Balaban J connectivity index is 2.34. The molecule has 0 atom stereocenters. The average molecular weight is 282 g/mol. The summed E-state index contributed by atoms with van der Waals surface area (Å²) in [5.74, 6) is 0. The topological polar surface area (TPSA) is 0 Å². The van der Waals surface area contributed by atoms with Crippen LogP contribution in [-0.2, 0) is 0 Å². The normalized spacial score (nSPS) is 9.00. The molecule has 0 rings (SSSR count). The van der Waals surface area contributed by atoms with Crippen LogP contribution in [0.15, 0.2) is 0 Å². The number of hydrogen-bond acceptors (Lipinski definition) is 0. The van der Waals surface area contributed by atoms with E-state index in [0.717, 1.165) is 0 Å². The van der Waals surface area contributed by atoms with E-state index in [2.05, 4.69) is 6.92 Å². The molecular formula is C5H13Bi. The summed E-state index contributed by atoms with van der Waals surface area (Å²) >= 11 is 1.24. The summed E-state index contributed by atoms with van der Waals surface area (Å²) in [4.78, 5) is 0. The zero-order valence-electron chi connectivity index (χ0n) is 4.41. The standard InChI is InChI=1S/C5H11.Bi.2H/c1-3-5-4-2;;;/h1,3-5H2,2H3;;;. The van der Waals surface area contributed by atoms with Crippen molar-refractivity contribution in [2.75, 3.05) is 0 Å². The van der Waals surface area contributed by atoms with Gasteiger partial charge in [0.1, 0.15) is 0 Å². The van der Waals surface area contributed by atoms with Gasteiger partial charge in [-0.3, -0.25) is 0 Å². The minimum atomic E-state index is 1.24. The fraction of sp³-hybridized carbons (Fsp3) is 1.00. The summed E-state index contributed by atoms with van der Waals surface area (Å²) in [7, 11) is 0. The van der Waals surface area contributed by atoms with Crippen molar-refractivity contribution in [1.29, 1.82) is 0 Å². The summed E-state index contributed by atoms with van der Waals surface area (Å²) in [5, 5.41) is 0. The Morgan fingerprint density at radius 2 is 2.00 bits per heavy atom. The van der Waals surface area contributed by atoms with Crippen LogP contribution >= 0.6 is 0 Å². The Hall–Kier alpha value is 0.883. The molecule has 0 aliphatic carbocycles. The van der Waals surface area contributed by atoms with Gasteiger partial charge in [-0.2, -0.15) is 0 Å². The van der Waals surface area contributed by atoms with Gasteiger partial charge in [0.05, 0.1) is 0 Å². The fourth-order valence-corrected chi connectivity index (χ4v) is 1.52. The molecule has 0 amide bonds. The molecule has 6 heavy (non-hydrogen) atoms. The molecule has 0 aromatic rings. The van der Waals surface area contributed by atoms with Crippen LogP contribution in [0.2, 0.25) is 4.13 Å². The van der Waals surface area contributed by atoms with Crippen LogP contribution in [0.1, 0.15) is 26.2 Å². The molecule has 0 N–H and O–H groups in total. The molecular weight excluding hydrogens is 269 g/mol. The van der Waals surface area contributed by atoms with E-state index in [0.29, 0.717) is 0 Å². The first kappa shape index (κ1) is 6.88. The molecule has 0 fully saturated rings. The van der Waals surface area contributed by atoms with Crippen LogP contribution in [0.4, 0.5) is 0 Å². The molecule has 0 aromatic heterocycles. The van der Waals surface area contributed by atoms with E-state index in [4.69, 9.17) is 0 Å². The molecule has 0 aliphatic heterocycles. The van der Waals surface area contributed by atoms with Crippen LogP contribution < -0.4 is 0 Å². The van der Waals surface area contributed by atoms with Crippen LogP contribution in [0.25, 0.3) is 0 Å². The van der Waals surface area contributed by atoms with Gasteiger partial charge in [-0.25, -0.2) is 0 Å². The van der Waals surface area contributed by atoms with E-state index in [1.54, 1.807) is 0 Å². The van der Waals surface area contributed by atoms with Gasteiger partial charge >= 0.3 is 55.0 Å². The average Bonchev–Trinajstić information content (AvgIpc) is 1.61. The molecule has 0 aliphatic rings. The van der Waals surface area contributed by atoms with Gasteiger partial charge in [0, 0.05) is 0 Å². The van der Waals surface area contributed by atoms with Gasteiger partial charge in [0.2, 0.25) is 0 Å². The third-order valence-corrected chi connectivity index (χ3v) is 2.39. The Labute approximate surface area is 55.2 Å². The molecule has 0 saturated heterocycles. The third-order valence-electron chi connectivity index (χ3n) is 0.808. The van der Waals surface area contributed by atoms with Gasteiger partial charge in [-0.05, 0) is 0 Å². The SMILES string of the molecule is CCCC[CH2][BiH2]. The van der Waals surface area contributed by atoms with Crippen molar-refractivity contribution in [1.82, 2.24) is 0 Å². The first-order valence-corrected chi connectivity index (χ1v) is 5.79. The van der Waals surface area contributed by atoms with E-state index in [1.165, 1.54) is 48.1 Å². The van der Waals surface area contributed by atoms with Crippen molar-refractivity contribution < 1.29 is 0 Å². The molecule has 0 spiro atoms. The molecule has 0 unspecified atom stereocenters. The van der Waals surface area contributed by atoms with Gasteiger partial charge in [0.15, 0.2) is 0 Å². The fourth-order valence-electron chi connectivity index (χ4n) is 0.394. The van der Waals surface area contributed by atoms with E-state index in [-0.39, 0.29) is 0 Å². The first-order chi connectivity index (χ1) is 2.91. The third kappa shape index (κ3) is 4.88. The van der Waals surface area contributed by atoms with Crippen molar-refractivity contribution in [2.24, 2.45) is 0 Å². The van der Waals surface area contributed by atoms with Crippen molar-refractivity contribution in [3.63, 3.8) is 0 Å². The van der Waals surface area contributed by atoms with Gasteiger partial charge in [0.25, 0.3) is 0 Å². The molecule has 0 heterocycles. The quantitative estimate of drug-likeness (QED) is 0.539. The summed E-state index contributed by atoms with van der Waals surface area (Å²) in [6.45, 7) is 2.25. The Kier molecular flexibility index (Phi) is 6.75. The number of hydrogen-bond donors (Lipinski definition) is 0. The van der Waals surface area contributed by atoms with Crippen molar-refractivity contribution in [3.05, 3.63) is 0 Å². The zero-order chi connectivity index (χ0) is 4.83. The van der Waals surface area contributed by atoms with E-state index >= 15 is 0 Å². The second-order valence-corrected chi connectivity index (χ2v) is 3.74. The second-order valence-electron chi connectivity index (χ2n) is 1.50.